The first kappa shape index (κ1) is 19.4. The zero-order chi connectivity index (χ0) is 18.3. The molecule has 3 aromatic carbocycles. The van der Waals surface area contributed by atoms with Gasteiger partial charge >= 0.3 is 29.6 Å². The van der Waals surface area contributed by atoms with Crippen molar-refractivity contribution in [3.8, 4) is 17.0 Å². The number of rotatable bonds is 3. The van der Waals surface area contributed by atoms with Gasteiger partial charge in [0.15, 0.2) is 6.47 Å². The first-order valence-electron chi connectivity index (χ1n) is 7.91. The van der Waals surface area contributed by atoms with Crippen LogP contribution in [0.15, 0.2) is 54.6 Å². The third-order valence-electron chi connectivity index (χ3n) is 4.38. The number of carbonyl (C=O) groups excluding carboxylic acids is 1. The van der Waals surface area contributed by atoms with Crippen molar-refractivity contribution in [3.05, 3.63) is 71.8 Å². The van der Waals surface area contributed by atoms with E-state index in [1.54, 1.807) is 25.1 Å². The van der Waals surface area contributed by atoms with Gasteiger partial charge in [0.25, 0.3) is 0 Å². The summed E-state index contributed by atoms with van der Waals surface area (Å²) in [6.45, 7) is 3.11. The number of halogens is 2. The van der Waals surface area contributed by atoms with Crippen LogP contribution in [0.4, 0.5) is 8.78 Å². The Morgan fingerprint density at radius 1 is 1.00 bits per heavy atom. The van der Waals surface area contributed by atoms with Crippen LogP contribution in [0.5, 0.6) is 5.75 Å². The number of hydrogen-bond donors (Lipinski definition) is 0. The predicted octanol–water partition coefficient (Wildman–Crippen LogP) is 2.09. The fourth-order valence-corrected chi connectivity index (χ4v) is 3.14. The van der Waals surface area contributed by atoms with Crippen molar-refractivity contribution in [3.63, 3.8) is 0 Å². The second-order valence-electron chi connectivity index (χ2n) is 5.94. The number of pyridine rings is 1. The molecule has 6 heteroatoms. The van der Waals surface area contributed by atoms with E-state index in [2.05, 4.69) is 4.98 Å². The molecule has 1 heterocycles. The third-order valence-corrected chi connectivity index (χ3v) is 4.38. The van der Waals surface area contributed by atoms with E-state index in [0.29, 0.717) is 33.1 Å². The van der Waals surface area contributed by atoms with E-state index in [1.807, 2.05) is 12.1 Å². The Bertz CT molecular complexity index is 1180. The number of benzene rings is 3. The maximum Gasteiger partial charge on any atom is 1.00 e. The third kappa shape index (κ3) is 3.46. The van der Waals surface area contributed by atoms with Gasteiger partial charge in [0.2, 0.25) is 0 Å². The van der Waals surface area contributed by atoms with Gasteiger partial charge in [-0.2, -0.15) is 0 Å². The topological polar surface area (TPSA) is 39.2 Å². The second kappa shape index (κ2) is 7.72. The number of hydrogen-bond acceptors (Lipinski definition) is 3. The van der Waals surface area contributed by atoms with Crippen LogP contribution in [0.3, 0.4) is 0 Å². The fourth-order valence-electron chi connectivity index (χ4n) is 3.14. The van der Waals surface area contributed by atoms with Crippen LogP contribution in [-0.2, 0) is 4.79 Å². The monoisotopic (exact) mass is 371 g/mol. The van der Waals surface area contributed by atoms with E-state index in [1.165, 1.54) is 30.7 Å². The van der Waals surface area contributed by atoms with Crippen molar-refractivity contribution in [1.29, 1.82) is 0 Å². The maximum absolute atomic E-state index is 14.1. The molecule has 0 spiro atoms. The molecule has 0 atom stereocenters. The van der Waals surface area contributed by atoms with Gasteiger partial charge < -0.3 is 9.53 Å². The van der Waals surface area contributed by atoms with Crippen LogP contribution in [0.1, 0.15) is 5.56 Å². The molecule has 0 unspecified atom stereocenters. The van der Waals surface area contributed by atoms with Gasteiger partial charge in [-0.15, -0.1) is 0 Å². The Morgan fingerprint density at radius 2 is 1.81 bits per heavy atom. The van der Waals surface area contributed by atoms with Crippen molar-refractivity contribution < 1.29 is 47.9 Å². The van der Waals surface area contributed by atoms with E-state index in [-0.39, 0.29) is 41.1 Å². The molecule has 0 N–H and O–H groups in total. The molecule has 0 aliphatic heterocycles. The minimum atomic E-state index is -0.463. The standard InChI is InChI=1S/C21H12F2NO2.Na/c1-12-20(14-6-5-13-3-2-4-18(23)16(13)9-14)24-19-8-7-15(22)10-17(19)21(12)26-11-25;/h2-10H,1H3;/q-1;+1. The summed E-state index contributed by atoms with van der Waals surface area (Å²) in [6.07, 6.45) is 0. The summed E-state index contributed by atoms with van der Waals surface area (Å²) in [5.74, 6) is -0.606. The number of ether oxygens (including phenoxy) is 1. The molecule has 128 valence electrons. The summed E-state index contributed by atoms with van der Waals surface area (Å²) in [6, 6.07) is 14.2. The summed E-state index contributed by atoms with van der Waals surface area (Å²) in [5.41, 5.74) is 2.20. The molecular weight excluding hydrogens is 359 g/mol. The first-order chi connectivity index (χ1) is 12.6. The van der Waals surface area contributed by atoms with Crippen molar-refractivity contribution in [2.24, 2.45) is 0 Å². The van der Waals surface area contributed by atoms with Gasteiger partial charge in [0, 0.05) is 5.39 Å². The SMILES string of the molecule is Cc1c(-c2ccc3cccc(F)c3c2)nc2ccc(F)cc2c1O[C-]=O.[Na+]. The molecule has 0 amide bonds. The average molecular weight is 371 g/mol. The van der Waals surface area contributed by atoms with Crippen molar-refractivity contribution in [1.82, 2.24) is 4.98 Å². The molecule has 0 aliphatic rings. The number of fused-ring (bicyclic) bond motifs is 2. The molecule has 4 rings (SSSR count). The minimum Gasteiger partial charge on any atom is -0.609 e. The Kier molecular flexibility index (Phi) is 5.56. The van der Waals surface area contributed by atoms with Crippen LogP contribution in [0.25, 0.3) is 32.9 Å². The molecule has 0 radical (unpaired) electrons. The van der Waals surface area contributed by atoms with E-state index < -0.39 is 5.82 Å². The summed E-state index contributed by atoms with van der Waals surface area (Å²) in [4.78, 5) is 15.4. The zero-order valence-electron chi connectivity index (χ0n) is 14.7. The Morgan fingerprint density at radius 3 is 2.59 bits per heavy atom. The van der Waals surface area contributed by atoms with Crippen molar-refractivity contribution in [2.75, 3.05) is 0 Å². The van der Waals surface area contributed by atoms with Gasteiger partial charge in [-0.05, 0) is 52.4 Å². The van der Waals surface area contributed by atoms with Gasteiger partial charge in [0.05, 0.1) is 11.2 Å². The summed E-state index contributed by atoms with van der Waals surface area (Å²) in [5, 5.41) is 1.61. The van der Waals surface area contributed by atoms with E-state index in [4.69, 9.17) is 4.74 Å². The van der Waals surface area contributed by atoms with Gasteiger partial charge in [-0.25, -0.2) is 8.78 Å². The largest absolute Gasteiger partial charge is 1.00 e. The maximum atomic E-state index is 14.1. The predicted molar refractivity (Wildman–Crippen MR) is 95.7 cm³/mol. The van der Waals surface area contributed by atoms with Crippen LogP contribution in [-0.4, -0.2) is 11.5 Å². The molecule has 0 bridgehead atoms. The minimum absolute atomic E-state index is 0. The molecule has 4 aromatic rings. The quantitative estimate of drug-likeness (QED) is 0.409. The van der Waals surface area contributed by atoms with Gasteiger partial charge in [-0.1, -0.05) is 36.8 Å². The molecule has 1 aromatic heterocycles. The normalized spacial score (nSPS) is 10.6. The molecule has 0 saturated carbocycles. The van der Waals surface area contributed by atoms with Crippen LogP contribution >= 0.6 is 0 Å². The van der Waals surface area contributed by atoms with Crippen molar-refractivity contribution >= 4 is 28.1 Å². The Labute approximate surface area is 176 Å². The van der Waals surface area contributed by atoms with Gasteiger partial charge in [-0.3, -0.25) is 4.98 Å². The molecule has 3 nitrogen and oxygen atoms in total. The number of nitrogens with zero attached hydrogens (tertiary/aromatic N) is 1. The summed E-state index contributed by atoms with van der Waals surface area (Å²) in [7, 11) is 0. The first-order valence-corrected chi connectivity index (χ1v) is 7.91. The zero-order valence-corrected chi connectivity index (χ0v) is 16.7. The molecule has 0 saturated heterocycles. The van der Waals surface area contributed by atoms with Gasteiger partial charge in [0.1, 0.15) is 11.6 Å². The summed E-state index contributed by atoms with van der Waals surface area (Å²) >= 11 is 0. The van der Waals surface area contributed by atoms with Crippen LogP contribution < -0.4 is 34.3 Å². The van der Waals surface area contributed by atoms with E-state index >= 15 is 0 Å². The second-order valence-corrected chi connectivity index (χ2v) is 5.94. The van der Waals surface area contributed by atoms with E-state index in [0.717, 1.165) is 5.39 Å². The van der Waals surface area contributed by atoms with E-state index in [9.17, 15) is 13.6 Å². The molecule has 0 aliphatic carbocycles. The number of aromatic nitrogens is 1. The fraction of sp³-hybridized carbons (Fsp3) is 0.0476. The van der Waals surface area contributed by atoms with Crippen molar-refractivity contribution in [2.45, 2.75) is 6.92 Å². The Balaban J connectivity index is 0.00000210. The average Bonchev–Trinajstić information content (AvgIpc) is 2.64. The van der Waals surface area contributed by atoms with Crippen LogP contribution in [0, 0.1) is 18.6 Å². The smallest absolute Gasteiger partial charge is 0.609 e. The van der Waals surface area contributed by atoms with Crippen LogP contribution in [0.2, 0.25) is 0 Å². The summed E-state index contributed by atoms with van der Waals surface area (Å²) < 4.78 is 32.7. The Hall–Kier alpha value is -2.34. The molecule has 0 fully saturated rings. The molecular formula is C21H12F2NNaO2. The molecule has 27 heavy (non-hydrogen) atoms.